The second-order valence-corrected chi connectivity index (χ2v) is 8.91. The van der Waals surface area contributed by atoms with Gasteiger partial charge in [-0.3, -0.25) is 9.69 Å². The third-order valence-corrected chi connectivity index (χ3v) is 6.41. The van der Waals surface area contributed by atoms with Gasteiger partial charge in [-0.15, -0.1) is 0 Å². The van der Waals surface area contributed by atoms with Crippen molar-refractivity contribution in [2.75, 3.05) is 13.7 Å². The zero-order chi connectivity index (χ0) is 24.8. The van der Waals surface area contributed by atoms with E-state index in [4.69, 9.17) is 9.47 Å². The molecular weight excluding hydrogens is 458 g/mol. The van der Waals surface area contributed by atoms with Crippen LogP contribution in [-0.4, -0.2) is 29.6 Å². The molecule has 1 aliphatic heterocycles. The van der Waals surface area contributed by atoms with E-state index in [1.807, 2.05) is 80.6 Å². The Morgan fingerprint density at radius 2 is 1.83 bits per heavy atom. The van der Waals surface area contributed by atoms with Crippen molar-refractivity contribution in [3.05, 3.63) is 93.9 Å². The van der Waals surface area contributed by atoms with Crippen LogP contribution in [0.15, 0.2) is 76.6 Å². The molecule has 176 valence electrons. The van der Waals surface area contributed by atoms with Gasteiger partial charge in [-0.05, 0) is 67.6 Å². The lowest BCUT2D eigenvalue weighted by molar-refractivity contribution is -0.121. The monoisotopic (exact) mass is 483 g/mol. The molecule has 6 nitrogen and oxygen atoms in total. The zero-order valence-corrected chi connectivity index (χ0v) is 20.6. The summed E-state index contributed by atoms with van der Waals surface area (Å²) in [5.74, 6) is 1.05. The van der Waals surface area contributed by atoms with Crippen LogP contribution in [0.2, 0.25) is 0 Å². The highest BCUT2D eigenvalue weighted by Crippen LogP contribution is 2.35. The number of amides is 1. The molecular formula is C28H25N3O3S. The molecule has 0 aliphatic carbocycles. The van der Waals surface area contributed by atoms with Crippen molar-refractivity contribution in [2.45, 2.75) is 20.5 Å². The van der Waals surface area contributed by atoms with E-state index in [0.29, 0.717) is 33.7 Å². The second kappa shape index (κ2) is 10.9. The van der Waals surface area contributed by atoms with Gasteiger partial charge in [0.15, 0.2) is 16.7 Å². The van der Waals surface area contributed by atoms with Crippen molar-refractivity contribution >= 4 is 34.6 Å². The number of aryl methyl sites for hydroxylation is 1. The Morgan fingerprint density at radius 3 is 2.57 bits per heavy atom. The van der Waals surface area contributed by atoms with Crippen LogP contribution in [0, 0.1) is 18.3 Å². The second-order valence-electron chi connectivity index (χ2n) is 7.90. The summed E-state index contributed by atoms with van der Waals surface area (Å²) in [4.78, 5) is 19.6. The van der Waals surface area contributed by atoms with Crippen LogP contribution in [0.1, 0.15) is 29.2 Å². The van der Waals surface area contributed by atoms with E-state index in [1.54, 1.807) is 18.0 Å². The van der Waals surface area contributed by atoms with Crippen LogP contribution in [-0.2, 0) is 11.4 Å². The standard InChI is InChI=1S/C28H25N3O3S/c1-4-33-25-15-20(11-14-24(25)34-18-22-8-6-5-7-21(22)17-29)16-26-27(32)31(3)28(35-26)30-23-12-9-19(2)10-13-23/h5-16H,4,18H2,1-3H3/b26-16+,30-28?. The summed E-state index contributed by atoms with van der Waals surface area (Å²) in [6.45, 7) is 4.64. The van der Waals surface area contributed by atoms with Gasteiger partial charge in [-0.25, -0.2) is 4.99 Å². The first-order valence-electron chi connectivity index (χ1n) is 11.2. The average molecular weight is 484 g/mol. The molecule has 0 saturated carbocycles. The molecule has 0 spiro atoms. The van der Waals surface area contributed by atoms with Crippen LogP contribution in [0.5, 0.6) is 11.5 Å². The number of likely N-dealkylation sites (N-methyl/N-ethyl adjacent to an activating group) is 1. The SMILES string of the molecule is CCOc1cc(/C=C2/SC(=Nc3ccc(C)cc3)N(C)C2=O)ccc1OCc1ccccc1C#N. The number of rotatable bonds is 7. The van der Waals surface area contributed by atoms with Crippen molar-refractivity contribution < 1.29 is 14.3 Å². The number of nitriles is 1. The van der Waals surface area contributed by atoms with Crippen molar-refractivity contribution in [3.8, 4) is 17.6 Å². The number of benzene rings is 3. The minimum absolute atomic E-state index is 0.104. The molecule has 0 atom stereocenters. The van der Waals surface area contributed by atoms with E-state index in [9.17, 15) is 10.1 Å². The third kappa shape index (κ3) is 5.73. The molecule has 0 unspecified atom stereocenters. The Kier molecular flexibility index (Phi) is 7.54. The molecule has 4 rings (SSSR count). The molecule has 1 heterocycles. The van der Waals surface area contributed by atoms with Crippen molar-refractivity contribution in [3.63, 3.8) is 0 Å². The van der Waals surface area contributed by atoms with E-state index in [-0.39, 0.29) is 12.5 Å². The molecule has 1 aliphatic rings. The minimum atomic E-state index is -0.104. The molecule has 1 fully saturated rings. The van der Waals surface area contributed by atoms with Crippen LogP contribution in [0.3, 0.4) is 0 Å². The van der Waals surface area contributed by atoms with E-state index in [0.717, 1.165) is 22.4 Å². The Hall–Kier alpha value is -4.02. The number of nitrogens with zero attached hydrogens (tertiary/aromatic N) is 3. The van der Waals surface area contributed by atoms with Crippen LogP contribution < -0.4 is 9.47 Å². The normalized spacial score (nSPS) is 15.5. The van der Waals surface area contributed by atoms with Gasteiger partial charge in [0.2, 0.25) is 0 Å². The lowest BCUT2D eigenvalue weighted by Gasteiger charge is -2.13. The summed E-state index contributed by atoms with van der Waals surface area (Å²) in [7, 11) is 1.73. The van der Waals surface area contributed by atoms with E-state index >= 15 is 0 Å². The van der Waals surface area contributed by atoms with E-state index < -0.39 is 0 Å². The van der Waals surface area contributed by atoms with Crippen molar-refractivity contribution in [1.82, 2.24) is 4.90 Å². The van der Waals surface area contributed by atoms with Gasteiger partial charge in [-0.2, -0.15) is 5.26 Å². The van der Waals surface area contributed by atoms with Crippen molar-refractivity contribution in [2.24, 2.45) is 4.99 Å². The number of carbonyl (C=O) groups excluding carboxylic acids is 1. The maximum absolute atomic E-state index is 12.8. The predicted octanol–water partition coefficient (Wildman–Crippen LogP) is 6.08. The van der Waals surface area contributed by atoms with Gasteiger partial charge < -0.3 is 9.47 Å². The molecule has 0 radical (unpaired) electrons. The minimum Gasteiger partial charge on any atom is -0.490 e. The summed E-state index contributed by atoms with van der Waals surface area (Å²) < 4.78 is 11.8. The van der Waals surface area contributed by atoms with Gasteiger partial charge in [-0.1, -0.05) is 42.0 Å². The molecule has 0 N–H and O–H groups in total. The van der Waals surface area contributed by atoms with Crippen molar-refractivity contribution in [1.29, 1.82) is 5.26 Å². The Balaban J connectivity index is 1.55. The summed E-state index contributed by atoms with van der Waals surface area (Å²) in [5, 5.41) is 9.93. The predicted molar refractivity (Wildman–Crippen MR) is 140 cm³/mol. The van der Waals surface area contributed by atoms with Gasteiger partial charge in [0.05, 0.1) is 28.8 Å². The largest absolute Gasteiger partial charge is 0.490 e. The Labute approximate surface area is 209 Å². The molecule has 0 bridgehead atoms. The van der Waals surface area contributed by atoms with E-state index in [1.165, 1.54) is 11.8 Å². The fourth-order valence-corrected chi connectivity index (χ4v) is 4.43. The van der Waals surface area contributed by atoms with Gasteiger partial charge in [0, 0.05) is 12.6 Å². The highest BCUT2D eigenvalue weighted by atomic mass is 32.2. The first-order chi connectivity index (χ1) is 17.0. The number of amidine groups is 1. The highest BCUT2D eigenvalue weighted by molar-refractivity contribution is 8.18. The topological polar surface area (TPSA) is 74.9 Å². The van der Waals surface area contributed by atoms with Crippen LogP contribution >= 0.6 is 11.8 Å². The number of aliphatic imine (C=N–C) groups is 1. The van der Waals surface area contributed by atoms with Crippen LogP contribution in [0.25, 0.3) is 6.08 Å². The number of ether oxygens (including phenoxy) is 2. The van der Waals surface area contributed by atoms with E-state index in [2.05, 4.69) is 11.1 Å². The molecule has 3 aromatic carbocycles. The lowest BCUT2D eigenvalue weighted by Crippen LogP contribution is -2.23. The number of hydrogen-bond donors (Lipinski definition) is 0. The summed E-state index contributed by atoms with van der Waals surface area (Å²) in [5.41, 5.74) is 4.16. The summed E-state index contributed by atoms with van der Waals surface area (Å²) >= 11 is 1.34. The van der Waals surface area contributed by atoms with Gasteiger partial charge in [0.1, 0.15) is 6.61 Å². The summed E-state index contributed by atoms with van der Waals surface area (Å²) in [6, 6.07) is 22.9. The quantitative estimate of drug-likeness (QED) is 0.381. The Bertz CT molecular complexity index is 1340. The lowest BCUT2D eigenvalue weighted by atomic mass is 10.1. The maximum Gasteiger partial charge on any atom is 0.266 e. The molecule has 3 aromatic rings. The molecule has 0 aromatic heterocycles. The van der Waals surface area contributed by atoms with Gasteiger partial charge in [0.25, 0.3) is 5.91 Å². The first kappa shape index (κ1) is 24.1. The number of hydrogen-bond acceptors (Lipinski definition) is 6. The molecule has 35 heavy (non-hydrogen) atoms. The third-order valence-electron chi connectivity index (χ3n) is 5.35. The fourth-order valence-electron chi connectivity index (χ4n) is 3.45. The first-order valence-corrected chi connectivity index (χ1v) is 12.0. The smallest absolute Gasteiger partial charge is 0.266 e. The number of thioether (sulfide) groups is 1. The van der Waals surface area contributed by atoms with Gasteiger partial charge >= 0.3 is 0 Å². The molecule has 1 saturated heterocycles. The molecule has 1 amide bonds. The average Bonchev–Trinajstić information content (AvgIpc) is 3.13. The maximum atomic E-state index is 12.8. The Morgan fingerprint density at radius 1 is 1.06 bits per heavy atom. The summed E-state index contributed by atoms with van der Waals surface area (Å²) in [6.07, 6.45) is 1.83. The highest BCUT2D eigenvalue weighted by Gasteiger charge is 2.30. The van der Waals surface area contributed by atoms with Crippen LogP contribution in [0.4, 0.5) is 5.69 Å². The molecule has 7 heteroatoms. The number of carbonyl (C=O) groups is 1. The zero-order valence-electron chi connectivity index (χ0n) is 19.8. The fraction of sp³-hybridized carbons (Fsp3) is 0.179.